The number of carboxylic acids is 1. The van der Waals surface area contributed by atoms with E-state index in [4.69, 9.17) is 5.11 Å². The van der Waals surface area contributed by atoms with Crippen LogP contribution >= 0.6 is 0 Å². The van der Waals surface area contributed by atoms with Crippen LogP contribution in [0.4, 0.5) is 0 Å². The third-order valence-electron chi connectivity index (χ3n) is 4.15. The second-order valence-corrected chi connectivity index (χ2v) is 6.49. The van der Waals surface area contributed by atoms with Crippen molar-refractivity contribution in [1.29, 1.82) is 0 Å². The van der Waals surface area contributed by atoms with Crippen molar-refractivity contribution in [3.63, 3.8) is 0 Å². The van der Waals surface area contributed by atoms with Crippen molar-refractivity contribution in [3.05, 3.63) is 24.3 Å². The number of hydrogen-bond donors (Lipinski definition) is 1. The topological polar surface area (TPSA) is 37.3 Å². The second-order valence-electron chi connectivity index (χ2n) is 6.49. The van der Waals surface area contributed by atoms with Gasteiger partial charge in [-0.15, -0.1) is 0 Å². The molecule has 2 heteroatoms. The second kappa shape index (κ2) is 19.0. The molecule has 0 rings (SSSR count). The Balaban J connectivity index is 3.12. The molecule has 0 spiro atoms. The Hall–Kier alpha value is -1.05. The number of carboxylic acid groups (broad SMARTS) is 1. The first-order chi connectivity index (χ1) is 11.3. The summed E-state index contributed by atoms with van der Waals surface area (Å²) >= 11 is 0. The van der Waals surface area contributed by atoms with E-state index in [1.165, 1.54) is 83.5 Å². The van der Waals surface area contributed by atoms with E-state index in [9.17, 15) is 4.79 Å². The van der Waals surface area contributed by atoms with Gasteiger partial charge in [0, 0.05) is 0 Å². The largest absolute Gasteiger partial charge is 0.481 e. The van der Waals surface area contributed by atoms with Crippen molar-refractivity contribution in [2.75, 3.05) is 0 Å². The van der Waals surface area contributed by atoms with Crippen LogP contribution in [0.25, 0.3) is 0 Å². The molecule has 0 aromatic heterocycles. The molecule has 0 aliphatic carbocycles. The Labute approximate surface area is 144 Å². The molecule has 0 unspecified atom stereocenters. The van der Waals surface area contributed by atoms with Crippen LogP contribution in [0.5, 0.6) is 0 Å². The lowest BCUT2D eigenvalue weighted by Gasteiger charge is -2.02. The van der Waals surface area contributed by atoms with E-state index in [-0.39, 0.29) is 6.42 Å². The predicted molar refractivity (Wildman–Crippen MR) is 101 cm³/mol. The Morgan fingerprint density at radius 1 is 0.696 bits per heavy atom. The first-order valence-electron chi connectivity index (χ1n) is 9.80. The zero-order valence-electron chi connectivity index (χ0n) is 15.3. The highest BCUT2D eigenvalue weighted by Crippen LogP contribution is 2.12. The van der Waals surface area contributed by atoms with Crippen LogP contribution in [-0.2, 0) is 4.79 Å². The molecule has 0 heterocycles. The molecular formula is C21H38O2. The van der Waals surface area contributed by atoms with Crippen molar-refractivity contribution in [3.8, 4) is 0 Å². The van der Waals surface area contributed by atoms with E-state index >= 15 is 0 Å². The fraction of sp³-hybridized carbons (Fsp3) is 0.762. The molecule has 0 aromatic rings. The van der Waals surface area contributed by atoms with Gasteiger partial charge < -0.3 is 5.11 Å². The predicted octanol–water partition coefficient (Wildman–Crippen LogP) is 7.05. The summed E-state index contributed by atoms with van der Waals surface area (Å²) < 4.78 is 0. The number of aliphatic carboxylic acids is 1. The Morgan fingerprint density at radius 3 is 1.61 bits per heavy atom. The summed E-state index contributed by atoms with van der Waals surface area (Å²) in [7, 11) is 0. The normalized spacial score (nSPS) is 11.7. The number of hydrogen-bond acceptors (Lipinski definition) is 1. The van der Waals surface area contributed by atoms with Crippen molar-refractivity contribution in [2.45, 2.75) is 103 Å². The minimum absolute atomic E-state index is 0.114. The smallest absolute Gasteiger partial charge is 0.307 e. The maximum absolute atomic E-state index is 10.3. The minimum Gasteiger partial charge on any atom is -0.481 e. The van der Waals surface area contributed by atoms with Gasteiger partial charge >= 0.3 is 5.97 Å². The van der Waals surface area contributed by atoms with Crippen LogP contribution in [0.1, 0.15) is 103 Å². The molecule has 0 bridgehead atoms. The molecule has 0 fully saturated rings. The first kappa shape index (κ1) is 21.9. The van der Waals surface area contributed by atoms with Crippen molar-refractivity contribution in [1.82, 2.24) is 0 Å². The zero-order valence-corrected chi connectivity index (χ0v) is 15.3. The molecule has 0 atom stereocenters. The molecule has 23 heavy (non-hydrogen) atoms. The third kappa shape index (κ3) is 21.0. The molecule has 0 saturated heterocycles. The maximum atomic E-state index is 10.3. The average Bonchev–Trinajstić information content (AvgIpc) is 2.53. The van der Waals surface area contributed by atoms with Gasteiger partial charge in [-0.1, -0.05) is 108 Å². The van der Waals surface area contributed by atoms with Crippen LogP contribution in [0, 0.1) is 0 Å². The molecule has 1 N–H and O–H groups in total. The number of allylic oxidation sites excluding steroid dienone is 3. The Kier molecular flexibility index (Phi) is 18.1. The quantitative estimate of drug-likeness (QED) is 0.230. The standard InChI is InChI=1S/C21H38O2/c1-2-3-4-5-6-7-8-9-10-11-12-13-14-15-16-17-18-19-20-21(22)23/h16-19H,2-15,20H2,1H3,(H,22,23)/b17-16+,19-18+. The van der Waals surface area contributed by atoms with Gasteiger partial charge in [0.25, 0.3) is 0 Å². The summed E-state index contributed by atoms with van der Waals surface area (Å²) in [6.45, 7) is 2.27. The van der Waals surface area contributed by atoms with E-state index in [0.29, 0.717) is 0 Å². The van der Waals surface area contributed by atoms with Crippen molar-refractivity contribution >= 4 is 5.97 Å². The van der Waals surface area contributed by atoms with E-state index in [1.807, 2.05) is 12.2 Å². The number of rotatable bonds is 17. The van der Waals surface area contributed by atoms with E-state index < -0.39 is 5.97 Å². The zero-order chi connectivity index (χ0) is 17.0. The van der Waals surface area contributed by atoms with Crippen LogP contribution < -0.4 is 0 Å². The summed E-state index contributed by atoms with van der Waals surface area (Å²) in [5.74, 6) is -0.772. The number of carbonyl (C=O) groups is 1. The molecule has 0 aliphatic heterocycles. The molecule has 0 aliphatic rings. The first-order valence-corrected chi connectivity index (χ1v) is 9.80. The van der Waals surface area contributed by atoms with Gasteiger partial charge in [-0.3, -0.25) is 4.79 Å². The molecular weight excluding hydrogens is 284 g/mol. The summed E-state index contributed by atoms with van der Waals surface area (Å²) in [6.07, 6.45) is 26.9. The molecule has 0 radical (unpaired) electrons. The highest BCUT2D eigenvalue weighted by molar-refractivity contribution is 5.68. The lowest BCUT2D eigenvalue weighted by atomic mass is 10.0. The maximum Gasteiger partial charge on any atom is 0.307 e. The van der Waals surface area contributed by atoms with Gasteiger partial charge in [0.15, 0.2) is 0 Å². The fourth-order valence-corrected chi connectivity index (χ4v) is 2.70. The van der Waals surface area contributed by atoms with Crippen LogP contribution in [0.2, 0.25) is 0 Å². The molecule has 0 amide bonds. The Morgan fingerprint density at radius 2 is 1.13 bits per heavy atom. The molecule has 0 saturated carbocycles. The van der Waals surface area contributed by atoms with Gasteiger partial charge in [-0.2, -0.15) is 0 Å². The molecule has 2 nitrogen and oxygen atoms in total. The van der Waals surface area contributed by atoms with Gasteiger partial charge in [0.05, 0.1) is 6.42 Å². The van der Waals surface area contributed by atoms with Crippen LogP contribution in [0.3, 0.4) is 0 Å². The summed E-state index contributed by atoms with van der Waals surface area (Å²) in [4.78, 5) is 10.3. The van der Waals surface area contributed by atoms with E-state index in [2.05, 4.69) is 13.0 Å². The lowest BCUT2D eigenvalue weighted by molar-refractivity contribution is -0.136. The van der Waals surface area contributed by atoms with E-state index in [1.54, 1.807) is 6.08 Å². The van der Waals surface area contributed by atoms with Crippen LogP contribution in [-0.4, -0.2) is 11.1 Å². The van der Waals surface area contributed by atoms with Crippen LogP contribution in [0.15, 0.2) is 24.3 Å². The molecule has 0 aromatic carbocycles. The van der Waals surface area contributed by atoms with Crippen molar-refractivity contribution < 1.29 is 9.90 Å². The summed E-state index contributed by atoms with van der Waals surface area (Å²) in [5.41, 5.74) is 0. The fourth-order valence-electron chi connectivity index (χ4n) is 2.70. The Bertz CT molecular complexity index is 305. The van der Waals surface area contributed by atoms with Gasteiger partial charge in [-0.05, 0) is 12.8 Å². The highest BCUT2D eigenvalue weighted by atomic mass is 16.4. The van der Waals surface area contributed by atoms with Gasteiger partial charge in [0.1, 0.15) is 0 Å². The minimum atomic E-state index is -0.772. The summed E-state index contributed by atoms with van der Waals surface area (Å²) in [6, 6.07) is 0. The summed E-state index contributed by atoms with van der Waals surface area (Å²) in [5, 5.41) is 8.47. The lowest BCUT2D eigenvalue weighted by Crippen LogP contribution is -1.89. The monoisotopic (exact) mass is 322 g/mol. The van der Waals surface area contributed by atoms with Crippen molar-refractivity contribution in [2.24, 2.45) is 0 Å². The molecule has 134 valence electrons. The highest BCUT2D eigenvalue weighted by Gasteiger charge is 1.93. The van der Waals surface area contributed by atoms with Gasteiger partial charge in [-0.25, -0.2) is 0 Å². The third-order valence-corrected chi connectivity index (χ3v) is 4.15. The SMILES string of the molecule is CCCCCCCCCCCCCCC/C=C/C=C/CC(=O)O. The van der Waals surface area contributed by atoms with Gasteiger partial charge in [0.2, 0.25) is 0 Å². The number of unbranched alkanes of at least 4 members (excludes halogenated alkanes) is 13. The van der Waals surface area contributed by atoms with E-state index in [0.717, 1.165) is 6.42 Å². The average molecular weight is 323 g/mol.